The van der Waals surface area contributed by atoms with Crippen LogP contribution in [0.2, 0.25) is 5.02 Å². The first-order valence-electron chi connectivity index (χ1n) is 3.78. The molecule has 1 amide bonds. The number of benzene rings is 1. The minimum Gasteiger partial charge on any atom is -0.359 e. The van der Waals surface area contributed by atoms with Crippen molar-refractivity contribution >= 4 is 17.5 Å². The van der Waals surface area contributed by atoms with E-state index in [1.165, 1.54) is 19.2 Å². The Morgan fingerprint density at radius 2 is 2.31 bits per heavy atom. The molecule has 0 aliphatic heterocycles. The van der Waals surface area contributed by atoms with Crippen molar-refractivity contribution in [1.29, 1.82) is 0 Å². The molecule has 0 aliphatic rings. The van der Waals surface area contributed by atoms with Crippen molar-refractivity contribution in [1.82, 2.24) is 5.32 Å². The fourth-order valence-corrected chi connectivity index (χ4v) is 1.09. The number of carbonyl (C=O) groups excluding carboxylic acids is 1. The third-order valence-electron chi connectivity index (χ3n) is 1.64. The van der Waals surface area contributed by atoms with E-state index in [0.29, 0.717) is 10.6 Å². The van der Waals surface area contributed by atoms with Gasteiger partial charge in [0.2, 0.25) is 5.91 Å². The molecule has 0 aromatic heterocycles. The molecule has 0 fully saturated rings. The van der Waals surface area contributed by atoms with E-state index >= 15 is 0 Å². The maximum atomic E-state index is 13.1. The standard InChI is InChI=1S/C9H9ClFNO/c1-12-9(13)4-6-2-3-7(10)5-8(6)11/h2-3,5H,4H2,1H3,(H,12,13). The molecular formula is C9H9ClFNO. The molecule has 0 radical (unpaired) electrons. The molecule has 2 nitrogen and oxygen atoms in total. The van der Waals surface area contributed by atoms with Crippen molar-refractivity contribution in [3.8, 4) is 0 Å². The summed E-state index contributed by atoms with van der Waals surface area (Å²) in [5.41, 5.74) is 0.351. The van der Waals surface area contributed by atoms with Gasteiger partial charge in [-0.2, -0.15) is 0 Å². The summed E-state index contributed by atoms with van der Waals surface area (Å²) >= 11 is 5.55. The predicted molar refractivity (Wildman–Crippen MR) is 49.2 cm³/mol. The quantitative estimate of drug-likeness (QED) is 0.777. The van der Waals surface area contributed by atoms with Crippen LogP contribution in [0.25, 0.3) is 0 Å². The summed E-state index contributed by atoms with van der Waals surface area (Å²) in [6, 6.07) is 4.26. The number of likely N-dealkylation sites (N-methyl/N-ethyl adjacent to an activating group) is 1. The maximum Gasteiger partial charge on any atom is 0.224 e. The number of amides is 1. The van der Waals surface area contributed by atoms with Gasteiger partial charge in [-0.25, -0.2) is 4.39 Å². The lowest BCUT2D eigenvalue weighted by Crippen LogP contribution is -2.20. The maximum absolute atomic E-state index is 13.1. The van der Waals surface area contributed by atoms with Crippen LogP contribution < -0.4 is 5.32 Å². The highest BCUT2D eigenvalue weighted by atomic mass is 35.5. The third-order valence-corrected chi connectivity index (χ3v) is 1.88. The lowest BCUT2D eigenvalue weighted by atomic mass is 10.1. The summed E-state index contributed by atoms with van der Waals surface area (Å²) < 4.78 is 13.1. The number of carbonyl (C=O) groups is 1. The molecule has 70 valence electrons. The van der Waals surface area contributed by atoms with Crippen molar-refractivity contribution in [3.05, 3.63) is 34.6 Å². The van der Waals surface area contributed by atoms with Gasteiger partial charge < -0.3 is 5.32 Å². The highest BCUT2D eigenvalue weighted by Crippen LogP contribution is 2.14. The smallest absolute Gasteiger partial charge is 0.224 e. The van der Waals surface area contributed by atoms with Gasteiger partial charge in [-0.3, -0.25) is 4.79 Å². The molecule has 0 spiro atoms. The van der Waals surface area contributed by atoms with Crippen LogP contribution in [0, 0.1) is 5.82 Å². The summed E-state index contributed by atoms with van der Waals surface area (Å²) in [6.07, 6.45) is 0.0412. The summed E-state index contributed by atoms with van der Waals surface area (Å²) in [7, 11) is 1.51. The summed E-state index contributed by atoms with van der Waals surface area (Å²) in [6.45, 7) is 0. The second-order valence-corrected chi connectivity index (χ2v) is 3.02. The van der Waals surface area contributed by atoms with Crippen LogP contribution in [0.3, 0.4) is 0 Å². The van der Waals surface area contributed by atoms with Crippen molar-refractivity contribution in [3.63, 3.8) is 0 Å². The van der Waals surface area contributed by atoms with Gasteiger partial charge in [0.1, 0.15) is 5.82 Å². The molecule has 4 heteroatoms. The highest BCUT2D eigenvalue weighted by Gasteiger charge is 2.06. The molecule has 0 saturated heterocycles. The largest absolute Gasteiger partial charge is 0.359 e. The fourth-order valence-electron chi connectivity index (χ4n) is 0.926. The van der Waals surface area contributed by atoms with Gasteiger partial charge in [0.15, 0.2) is 0 Å². The number of hydrogen-bond acceptors (Lipinski definition) is 1. The minimum absolute atomic E-state index is 0.0412. The molecule has 0 heterocycles. The van der Waals surface area contributed by atoms with Crippen LogP contribution in [0.1, 0.15) is 5.56 Å². The van der Waals surface area contributed by atoms with E-state index in [2.05, 4.69) is 5.32 Å². The average molecular weight is 202 g/mol. The van der Waals surface area contributed by atoms with E-state index in [1.807, 2.05) is 0 Å². The van der Waals surface area contributed by atoms with E-state index < -0.39 is 5.82 Å². The normalized spacial score (nSPS) is 9.77. The first-order valence-corrected chi connectivity index (χ1v) is 4.16. The Labute approximate surface area is 80.7 Å². The molecule has 0 bridgehead atoms. The monoisotopic (exact) mass is 201 g/mol. The van der Waals surface area contributed by atoms with E-state index in [-0.39, 0.29) is 12.3 Å². The van der Waals surface area contributed by atoms with Gasteiger partial charge in [0.25, 0.3) is 0 Å². The van der Waals surface area contributed by atoms with E-state index in [0.717, 1.165) is 0 Å². The molecular weight excluding hydrogens is 193 g/mol. The Balaban J connectivity index is 2.83. The SMILES string of the molecule is CNC(=O)Cc1ccc(Cl)cc1F. The highest BCUT2D eigenvalue weighted by molar-refractivity contribution is 6.30. The third kappa shape index (κ3) is 2.70. The lowest BCUT2D eigenvalue weighted by molar-refractivity contribution is -0.120. The van der Waals surface area contributed by atoms with Gasteiger partial charge in [0, 0.05) is 12.1 Å². The Kier molecular flexibility index (Phi) is 3.25. The molecule has 1 rings (SSSR count). The molecule has 1 aromatic rings. The van der Waals surface area contributed by atoms with E-state index in [1.54, 1.807) is 6.07 Å². The van der Waals surface area contributed by atoms with Crippen molar-refractivity contribution < 1.29 is 9.18 Å². The predicted octanol–water partition coefficient (Wildman–Crippen LogP) is 1.77. The minimum atomic E-state index is -0.448. The van der Waals surface area contributed by atoms with Crippen LogP contribution in [0.15, 0.2) is 18.2 Å². The number of hydrogen-bond donors (Lipinski definition) is 1. The van der Waals surface area contributed by atoms with Crippen LogP contribution in [-0.2, 0) is 11.2 Å². The van der Waals surface area contributed by atoms with Crippen LogP contribution in [-0.4, -0.2) is 13.0 Å². The molecule has 0 aliphatic carbocycles. The zero-order valence-electron chi connectivity index (χ0n) is 7.10. The van der Waals surface area contributed by atoms with Crippen molar-refractivity contribution in [2.45, 2.75) is 6.42 Å². The molecule has 1 N–H and O–H groups in total. The fraction of sp³-hybridized carbons (Fsp3) is 0.222. The van der Waals surface area contributed by atoms with Crippen LogP contribution in [0.5, 0.6) is 0 Å². The average Bonchev–Trinajstić information content (AvgIpc) is 2.09. The Morgan fingerprint density at radius 1 is 1.62 bits per heavy atom. The van der Waals surface area contributed by atoms with Crippen molar-refractivity contribution in [2.75, 3.05) is 7.05 Å². The summed E-state index contributed by atoms with van der Waals surface area (Å²) in [5, 5.41) is 2.75. The lowest BCUT2D eigenvalue weighted by Gasteiger charge is -2.01. The Hall–Kier alpha value is -1.09. The van der Waals surface area contributed by atoms with Crippen molar-refractivity contribution in [2.24, 2.45) is 0 Å². The van der Waals surface area contributed by atoms with Gasteiger partial charge in [-0.15, -0.1) is 0 Å². The topological polar surface area (TPSA) is 29.1 Å². The summed E-state index contributed by atoms with van der Waals surface area (Å²) in [4.78, 5) is 10.9. The second-order valence-electron chi connectivity index (χ2n) is 2.59. The van der Waals surface area contributed by atoms with E-state index in [9.17, 15) is 9.18 Å². The van der Waals surface area contributed by atoms with Gasteiger partial charge in [-0.05, 0) is 17.7 Å². The molecule has 0 atom stereocenters. The van der Waals surface area contributed by atoms with Crippen LogP contribution >= 0.6 is 11.6 Å². The number of nitrogens with one attached hydrogen (secondary N) is 1. The first-order chi connectivity index (χ1) is 6.13. The Morgan fingerprint density at radius 3 is 2.85 bits per heavy atom. The van der Waals surface area contributed by atoms with Gasteiger partial charge in [0.05, 0.1) is 6.42 Å². The molecule has 13 heavy (non-hydrogen) atoms. The summed E-state index contributed by atoms with van der Waals surface area (Å²) in [5.74, 6) is -0.669. The van der Waals surface area contributed by atoms with E-state index in [4.69, 9.17) is 11.6 Å². The van der Waals surface area contributed by atoms with Gasteiger partial charge in [-0.1, -0.05) is 17.7 Å². The first kappa shape index (κ1) is 9.99. The zero-order valence-corrected chi connectivity index (χ0v) is 7.86. The van der Waals surface area contributed by atoms with Crippen LogP contribution in [0.4, 0.5) is 4.39 Å². The second kappa shape index (κ2) is 4.23. The Bertz CT molecular complexity index is 327. The molecule has 0 unspecified atom stereocenters. The number of rotatable bonds is 2. The zero-order chi connectivity index (χ0) is 9.84. The molecule has 1 aromatic carbocycles. The number of halogens is 2. The van der Waals surface area contributed by atoms with Gasteiger partial charge >= 0.3 is 0 Å². The molecule has 0 saturated carbocycles.